The van der Waals surface area contributed by atoms with Gasteiger partial charge in [-0.15, -0.1) is 17.9 Å². The van der Waals surface area contributed by atoms with Gasteiger partial charge in [0.2, 0.25) is 0 Å². The molecule has 1 amide bonds. The van der Waals surface area contributed by atoms with Crippen LogP contribution >= 0.6 is 23.6 Å². The van der Waals surface area contributed by atoms with Crippen LogP contribution in [0.2, 0.25) is 0 Å². The summed E-state index contributed by atoms with van der Waals surface area (Å²) in [5.74, 6) is 0.533. The molecule has 0 aliphatic heterocycles. The maximum atomic E-state index is 12.8. The van der Waals surface area contributed by atoms with Gasteiger partial charge in [0.15, 0.2) is 9.90 Å². The summed E-state index contributed by atoms with van der Waals surface area (Å²) in [6.45, 7) is 8.45. The first-order valence-corrected chi connectivity index (χ1v) is 11.6. The lowest BCUT2D eigenvalue weighted by molar-refractivity contribution is 0.102. The minimum absolute atomic E-state index is 0.235. The molecule has 32 heavy (non-hydrogen) atoms. The van der Waals surface area contributed by atoms with E-state index in [0.29, 0.717) is 28.4 Å². The van der Waals surface area contributed by atoms with Gasteiger partial charge in [-0.1, -0.05) is 19.9 Å². The summed E-state index contributed by atoms with van der Waals surface area (Å²) in [5.41, 5.74) is 4.80. The number of benzene rings is 1. The van der Waals surface area contributed by atoms with Crippen molar-refractivity contribution in [2.24, 2.45) is 0 Å². The van der Waals surface area contributed by atoms with Crippen molar-refractivity contribution >= 4 is 45.6 Å². The molecule has 0 aliphatic carbocycles. The van der Waals surface area contributed by atoms with Crippen LogP contribution in [0.25, 0.3) is 11.0 Å². The lowest BCUT2D eigenvalue weighted by Crippen LogP contribution is -2.12. The summed E-state index contributed by atoms with van der Waals surface area (Å²) in [6.07, 6.45) is 3.90. The summed E-state index contributed by atoms with van der Waals surface area (Å²) < 4.78 is 2.41. The number of amides is 1. The van der Waals surface area contributed by atoms with E-state index in [1.165, 1.54) is 11.3 Å². The Morgan fingerprint density at radius 1 is 1.22 bits per heavy atom. The Labute approximate surface area is 194 Å². The van der Waals surface area contributed by atoms with E-state index < -0.39 is 0 Å². The highest BCUT2D eigenvalue weighted by molar-refractivity contribution is 7.71. The van der Waals surface area contributed by atoms with Crippen LogP contribution in [0, 0.1) is 4.77 Å². The van der Waals surface area contributed by atoms with Gasteiger partial charge in [0.05, 0.1) is 34.5 Å². The number of allylic oxidation sites excluding steroid dienone is 1. The molecule has 1 aromatic carbocycles. The molecule has 0 unspecified atom stereocenters. The molecule has 10 heteroatoms. The number of rotatable bonds is 8. The Morgan fingerprint density at radius 3 is 2.69 bits per heavy atom. The molecule has 4 rings (SSSR count). The van der Waals surface area contributed by atoms with Gasteiger partial charge < -0.3 is 0 Å². The molecule has 0 spiro atoms. The van der Waals surface area contributed by atoms with E-state index in [1.807, 2.05) is 16.0 Å². The summed E-state index contributed by atoms with van der Waals surface area (Å²) in [6, 6.07) is 5.38. The highest BCUT2D eigenvalue weighted by Crippen LogP contribution is 2.20. The van der Waals surface area contributed by atoms with Crippen LogP contribution in [0.5, 0.6) is 0 Å². The summed E-state index contributed by atoms with van der Waals surface area (Å²) in [5, 5.41) is 12.4. The van der Waals surface area contributed by atoms with Crippen LogP contribution in [-0.4, -0.2) is 35.6 Å². The highest BCUT2D eigenvalue weighted by Gasteiger charge is 2.14. The lowest BCUT2D eigenvalue weighted by atomic mass is 10.1. The monoisotopic (exact) mass is 465 g/mol. The Hall–Kier alpha value is -3.24. The molecule has 3 heterocycles. The quantitative estimate of drug-likeness (QED) is 0.294. The molecule has 0 fully saturated rings. The van der Waals surface area contributed by atoms with E-state index in [4.69, 9.17) is 17.2 Å². The molecule has 0 radical (unpaired) electrons. The zero-order valence-corrected chi connectivity index (χ0v) is 19.5. The summed E-state index contributed by atoms with van der Waals surface area (Å²) in [7, 11) is 0. The summed E-state index contributed by atoms with van der Waals surface area (Å²) >= 11 is 6.61. The normalized spacial score (nSPS) is 11.1. The van der Waals surface area contributed by atoms with Crippen molar-refractivity contribution in [3.05, 3.63) is 69.5 Å². The predicted octanol–water partition coefficient (Wildman–Crippen LogP) is 4.49. The topological polar surface area (TPSA) is 101 Å². The van der Waals surface area contributed by atoms with Crippen molar-refractivity contribution in [3.8, 4) is 0 Å². The van der Waals surface area contributed by atoms with E-state index in [2.05, 4.69) is 45.9 Å². The maximum absolute atomic E-state index is 12.8. The molecule has 3 aromatic heterocycles. The largest absolute Gasteiger partial charge is 0.300 e. The lowest BCUT2D eigenvalue weighted by Gasteiger charge is -2.08. The van der Waals surface area contributed by atoms with Gasteiger partial charge in [-0.3, -0.25) is 19.8 Å². The number of H-pyrrole nitrogens is 1. The SMILES string of the molecule is C=CCn1c(Cc2csc(NC(=O)c3ccc4nc(CC)c(CC)nc4c3)n2)n[nH]c1=S. The van der Waals surface area contributed by atoms with Crippen molar-refractivity contribution in [2.75, 3.05) is 5.32 Å². The molecule has 2 N–H and O–H groups in total. The first kappa shape index (κ1) is 22.0. The Bertz CT molecular complexity index is 1350. The van der Waals surface area contributed by atoms with Crippen molar-refractivity contribution in [2.45, 2.75) is 39.7 Å². The number of carbonyl (C=O) groups excluding carboxylic acids is 1. The average Bonchev–Trinajstić information content (AvgIpc) is 3.39. The molecule has 4 aromatic rings. The molecule has 164 valence electrons. The second-order valence-electron chi connectivity index (χ2n) is 7.15. The third-order valence-electron chi connectivity index (χ3n) is 5.01. The second-order valence-corrected chi connectivity index (χ2v) is 8.39. The van der Waals surface area contributed by atoms with Gasteiger partial charge in [0.1, 0.15) is 5.82 Å². The van der Waals surface area contributed by atoms with Crippen LogP contribution in [0.15, 0.2) is 36.2 Å². The third-order valence-corrected chi connectivity index (χ3v) is 6.13. The van der Waals surface area contributed by atoms with E-state index in [0.717, 1.165) is 46.8 Å². The first-order chi connectivity index (χ1) is 15.5. The average molecular weight is 466 g/mol. The van der Waals surface area contributed by atoms with Crippen LogP contribution in [-0.2, 0) is 25.8 Å². The van der Waals surface area contributed by atoms with Crippen LogP contribution in [0.3, 0.4) is 0 Å². The number of nitrogens with zero attached hydrogens (tertiary/aromatic N) is 5. The van der Waals surface area contributed by atoms with Crippen molar-refractivity contribution in [1.29, 1.82) is 0 Å². The van der Waals surface area contributed by atoms with Crippen molar-refractivity contribution < 1.29 is 4.79 Å². The minimum Gasteiger partial charge on any atom is -0.300 e. The van der Waals surface area contributed by atoms with Gasteiger partial charge in [-0.2, -0.15) is 5.10 Å². The van der Waals surface area contributed by atoms with E-state index in [9.17, 15) is 4.79 Å². The Kier molecular flexibility index (Phi) is 6.52. The Balaban J connectivity index is 1.51. The zero-order valence-electron chi connectivity index (χ0n) is 17.9. The number of hydrogen-bond donors (Lipinski definition) is 2. The fourth-order valence-corrected chi connectivity index (χ4v) is 4.35. The van der Waals surface area contributed by atoms with Crippen LogP contribution in [0.4, 0.5) is 5.13 Å². The maximum Gasteiger partial charge on any atom is 0.257 e. The van der Waals surface area contributed by atoms with E-state index >= 15 is 0 Å². The number of aromatic nitrogens is 6. The number of fused-ring (bicyclic) bond motifs is 1. The molecule has 0 atom stereocenters. The number of aryl methyl sites for hydroxylation is 2. The van der Waals surface area contributed by atoms with Crippen LogP contribution < -0.4 is 5.32 Å². The Morgan fingerprint density at radius 2 is 1.97 bits per heavy atom. The fraction of sp³-hybridized carbons (Fsp3) is 0.273. The number of nitrogens with one attached hydrogen (secondary N) is 2. The zero-order chi connectivity index (χ0) is 22.7. The molecule has 0 bridgehead atoms. The predicted molar refractivity (Wildman–Crippen MR) is 129 cm³/mol. The van der Waals surface area contributed by atoms with Crippen molar-refractivity contribution in [3.63, 3.8) is 0 Å². The standard InChI is InChI=1S/C22H23N7OS2/c1-4-9-29-19(27-28-22(29)31)11-14-12-32-21(23-14)26-20(30)13-7-8-17-18(10-13)25-16(6-3)15(5-2)24-17/h4,7-8,10,12H,1,5-6,9,11H2,2-3H3,(H,28,31)(H,23,26,30). The molecular weight excluding hydrogens is 442 g/mol. The first-order valence-electron chi connectivity index (χ1n) is 10.3. The number of aromatic amines is 1. The fourth-order valence-electron chi connectivity index (χ4n) is 3.41. The molecule has 0 saturated carbocycles. The molecule has 8 nitrogen and oxygen atoms in total. The van der Waals surface area contributed by atoms with Crippen molar-refractivity contribution in [1.82, 2.24) is 29.7 Å². The van der Waals surface area contributed by atoms with Crippen LogP contribution in [0.1, 0.15) is 47.1 Å². The van der Waals surface area contributed by atoms with Gasteiger partial charge in [0.25, 0.3) is 5.91 Å². The van der Waals surface area contributed by atoms with E-state index in [1.54, 1.807) is 18.2 Å². The number of carbonyl (C=O) groups is 1. The smallest absolute Gasteiger partial charge is 0.257 e. The minimum atomic E-state index is -0.235. The highest BCUT2D eigenvalue weighted by atomic mass is 32.1. The number of thiazole rings is 1. The molecule has 0 saturated heterocycles. The number of anilines is 1. The molecular formula is C22H23N7OS2. The second kappa shape index (κ2) is 9.49. The van der Waals surface area contributed by atoms with Gasteiger partial charge in [0, 0.05) is 17.5 Å². The van der Waals surface area contributed by atoms with E-state index in [-0.39, 0.29) is 5.91 Å². The number of hydrogen-bond acceptors (Lipinski definition) is 7. The van der Waals surface area contributed by atoms with Gasteiger partial charge in [-0.25, -0.2) is 15.0 Å². The summed E-state index contributed by atoms with van der Waals surface area (Å²) in [4.78, 5) is 26.7. The van der Waals surface area contributed by atoms with Gasteiger partial charge >= 0.3 is 0 Å². The molecule has 0 aliphatic rings. The third kappa shape index (κ3) is 4.51. The van der Waals surface area contributed by atoms with Gasteiger partial charge in [-0.05, 0) is 43.3 Å².